The second-order valence-corrected chi connectivity index (χ2v) is 7.14. The molecule has 29 heavy (non-hydrogen) atoms. The number of fused-ring (bicyclic) bond motifs is 1. The third-order valence-electron chi connectivity index (χ3n) is 4.93. The molecule has 1 saturated heterocycles. The molecule has 148 valence electrons. The third kappa shape index (κ3) is 4.13. The summed E-state index contributed by atoms with van der Waals surface area (Å²) in [5.74, 6) is -0.153. The molecular formula is C22H21N3O4. The van der Waals surface area contributed by atoms with Crippen molar-refractivity contribution >= 4 is 28.6 Å². The molecule has 1 aromatic heterocycles. The monoisotopic (exact) mass is 391 g/mol. The summed E-state index contributed by atoms with van der Waals surface area (Å²) < 4.78 is 5.35. The maximum atomic E-state index is 12.3. The van der Waals surface area contributed by atoms with E-state index in [1.165, 1.54) is 0 Å². The number of nitrogens with one attached hydrogen (secondary N) is 2. The zero-order valence-electron chi connectivity index (χ0n) is 16.0. The van der Waals surface area contributed by atoms with E-state index < -0.39 is 12.2 Å². The van der Waals surface area contributed by atoms with Crippen molar-refractivity contribution in [3.05, 3.63) is 76.1 Å². The van der Waals surface area contributed by atoms with Gasteiger partial charge in [0.05, 0.1) is 19.5 Å². The first kappa shape index (κ1) is 18.7. The van der Waals surface area contributed by atoms with Crippen molar-refractivity contribution in [3.8, 4) is 0 Å². The number of amides is 2. The molecule has 0 aliphatic carbocycles. The maximum absolute atomic E-state index is 12.3. The van der Waals surface area contributed by atoms with E-state index in [4.69, 9.17) is 4.74 Å². The Morgan fingerprint density at radius 1 is 1.17 bits per heavy atom. The fourth-order valence-electron chi connectivity index (χ4n) is 3.40. The number of ether oxygens (including phenoxy) is 1. The van der Waals surface area contributed by atoms with E-state index in [0.717, 1.165) is 22.2 Å². The van der Waals surface area contributed by atoms with Gasteiger partial charge in [-0.2, -0.15) is 0 Å². The largest absolute Gasteiger partial charge is 0.442 e. The molecule has 2 amide bonds. The summed E-state index contributed by atoms with van der Waals surface area (Å²) in [5.41, 5.74) is 2.87. The molecule has 0 saturated carbocycles. The molecule has 2 aromatic carbocycles. The molecule has 0 spiro atoms. The normalized spacial score (nSPS) is 16.1. The van der Waals surface area contributed by atoms with Crippen LogP contribution in [0.5, 0.6) is 0 Å². The molecule has 0 radical (unpaired) electrons. The van der Waals surface area contributed by atoms with Crippen LogP contribution in [0, 0.1) is 6.92 Å². The number of aromatic amines is 1. The highest BCUT2D eigenvalue weighted by Crippen LogP contribution is 2.20. The lowest BCUT2D eigenvalue weighted by Gasteiger charge is -2.13. The van der Waals surface area contributed by atoms with Gasteiger partial charge < -0.3 is 15.0 Å². The van der Waals surface area contributed by atoms with Gasteiger partial charge in [0.2, 0.25) is 5.91 Å². The first-order valence-electron chi connectivity index (χ1n) is 9.42. The average molecular weight is 391 g/mol. The SMILES string of the molecule is Cc1cc2cc(CC(=O)NCC3CN(c4ccccc4)C(=O)O3)ccc2[nH]c1=O. The number of cyclic esters (lactones) is 1. The number of H-pyrrole nitrogens is 1. The van der Waals surface area contributed by atoms with Gasteiger partial charge in [-0.1, -0.05) is 24.3 Å². The van der Waals surface area contributed by atoms with Crippen LogP contribution in [-0.4, -0.2) is 36.2 Å². The number of rotatable bonds is 5. The molecule has 1 aliphatic heterocycles. The Hall–Kier alpha value is -3.61. The number of carbonyl (C=O) groups is 2. The molecule has 7 heteroatoms. The van der Waals surface area contributed by atoms with E-state index in [1.807, 2.05) is 48.5 Å². The summed E-state index contributed by atoms with van der Waals surface area (Å²) in [5, 5.41) is 3.72. The number of benzene rings is 2. The Morgan fingerprint density at radius 3 is 2.76 bits per heavy atom. The second-order valence-electron chi connectivity index (χ2n) is 7.14. The zero-order chi connectivity index (χ0) is 20.4. The second kappa shape index (κ2) is 7.79. The number of para-hydroxylation sites is 1. The van der Waals surface area contributed by atoms with Crippen molar-refractivity contribution in [2.24, 2.45) is 0 Å². The van der Waals surface area contributed by atoms with E-state index in [-0.39, 0.29) is 24.4 Å². The molecule has 1 fully saturated rings. The molecule has 1 aliphatic rings. The van der Waals surface area contributed by atoms with Crippen molar-refractivity contribution < 1.29 is 14.3 Å². The number of aromatic nitrogens is 1. The van der Waals surface area contributed by atoms with Gasteiger partial charge in [0.25, 0.3) is 5.56 Å². The number of anilines is 1. The Labute approximate surface area is 167 Å². The van der Waals surface area contributed by atoms with Crippen LogP contribution in [0.3, 0.4) is 0 Å². The van der Waals surface area contributed by atoms with E-state index in [1.54, 1.807) is 17.9 Å². The summed E-state index contributed by atoms with van der Waals surface area (Å²) in [6, 6.07) is 16.6. The van der Waals surface area contributed by atoms with Crippen LogP contribution in [0.1, 0.15) is 11.1 Å². The highest BCUT2D eigenvalue weighted by atomic mass is 16.6. The Bertz CT molecular complexity index is 1120. The van der Waals surface area contributed by atoms with E-state index in [2.05, 4.69) is 10.3 Å². The molecule has 0 bridgehead atoms. The zero-order valence-corrected chi connectivity index (χ0v) is 16.0. The summed E-state index contributed by atoms with van der Waals surface area (Å²) in [6.45, 7) is 2.40. The van der Waals surface area contributed by atoms with Crippen LogP contribution < -0.4 is 15.8 Å². The smallest absolute Gasteiger partial charge is 0.414 e. The Balaban J connectivity index is 1.35. The fourth-order valence-corrected chi connectivity index (χ4v) is 3.40. The van der Waals surface area contributed by atoms with Crippen LogP contribution in [0.2, 0.25) is 0 Å². The van der Waals surface area contributed by atoms with E-state index in [9.17, 15) is 14.4 Å². The standard InChI is InChI=1S/C22H21N3O4/c1-14-9-16-10-15(7-8-19(16)24-21(14)27)11-20(26)23-12-18-13-25(22(28)29-18)17-5-3-2-4-6-17/h2-10,18H,11-13H2,1H3,(H,23,26)(H,24,27). The number of nitrogens with zero attached hydrogens (tertiary/aromatic N) is 1. The van der Waals surface area contributed by atoms with Crippen LogP contribution >= 0.6 is 0 Å². The molecule has 2 heterocycles. The van der Waals surface area contributed by atoms with Crippen molar-refractivity contribution in [1.29, 1.82) is 0 Å². The minimum atomic E-state index is -0.408. The molecule has 7 nitrogen and oxygen atoms in total. The number of aryl methyl sites for hydroxylation is 1. The van der Waals surface area contributed by atoms with Crippen LogP contribution in [0.4, 0.5) is 10.5 Å². The van der Waals surface area contributed by atoms with Crippen LogP contribution in [0.15, 0.2) is 59.4 Å². The number of carbonyl (C=O) groups excluding carboxylic acids is 2. The fraction of sp³-hybridized carbons (Fsp3) is 0.227. The molecule has 1 unspecified atom stereocenters. The van der Waals surface area contributed by atoms with Gasteiger partial charge in [-0.15, -0.1) is 0 Å². The molecule has 2 N–H and O–H groups in total. The lowest BCUT2D eigenvalue weighted by molar-refractivity contribution is -0.120. The van der Waals surface area contributed by atoms with Gasteiger partial charge in [-0.25, -0.2) is 4.79 Å². The first-order chi connectivity index (χ1) is 14.0. The highest BCUT2D eigenvalue weighted by Gasteiger charge is 2.32. The number of hydrogen-bond acceptors (Lipinski definition) is 4. The van der Waals surface area contributed by atoms with Crippen molar-refractivity contribution in [1.82, 2.24) is 10.3 Å². The van der Waals surface area contributed by atoms with Gasteiger partial charge in [0.1, 0.15) is 6.10 Å². The van der Waals surface area contributed by atoms with Crippen molar-refractivity contribution in [2.75, 3.05) is 18.0 Å². The van der Waals surface area contributed by atoms with Crippen molar-refractivity contribution in [2.45, 2.75) is 19.4 Å². The molecule has 3 aromatic rings. The predicted octanol–water partition coefficient (Wildman–Crippen LogP) is 2.52. The molecule has 4 rings (SSSR count). The lowest BCUT2D eigenvalue weighted by atomic mass is 10.1. The molecular weight excluding hydrogens is 370 g/mol. The van der Waals surface area contributed by atoms with Crippen LogP contribution in [0.25, 0.3) is 10.9 Å². The summed E-state index contributed by atoms with van der Waals surface area (Å²) in [6.07, 6.45) is -0.595. The van der Waals surface area contributed by atoms with Gasteiger partial charge in [0, 0.05) is 16.8 Å². The third-order valence-corrected chi connectivity index (χ3v) is 4.93. The van der Waals surface area contributed by atoms with Crippen molar-refractivity contribution in [3.63, 3.8) is 0 Å². The minimum absolute atomic E-state index is 0.112. The topological polar surface area (TPSA) is 91.5 Å². The van der Waals surface area contributed by atoms with Gasteiger partial charge in [-0.05, 0) is 48.2 Å². The highest BCUT2D eigenvalue weighted by molar-refractivity contribution is 5.90. The summed E-state index contributed by atoms with van der Waals surface area (Å²) in [4.78, 5) is 40.5. The first-order valence-corrected chi connectivity index (χ1v) is 9.42. The Morgan fingerprint density at radius 2 is 1.97 bits per heavy atom. The predicted molar refractivity (Wildman–Crippen MR) is 110 cm³/mol. The lowest BCUT2D eigenvalue weighted by Crippen LogP contribution is -2.35. The van der Waals surface area contributed by atoms with Gasteiger partial charge >= 0.3 is 6.09 Å². The minimum Gasteiger partial charge on any atom is -0.442 e. The number of hydrogen-bond donors (Lipinski definition) is 2. The Kier molecular flexibility index (Phi) is 5.03. The van der Waals surface area contributed by atoms with Gasteiger partial charge in [0.15, 0.2) is 0 Å². The van der Waals surface area contributed by atoms with Gasteiger partial charge in [-0.3, -0.25) is 14.5 Å². The maximum Gasteiger partial charge on any atom is 0.414 e. The number of pyridine rings is 1. The van der Waals surface area contributed by atoms with Crippen LogP contribution in [-0.2, 0) is 16.0 Å². The van der Waals surface area contributed by atoms with E-state index >= 15 is 0 Å². The molecule has 1 atom stereocenters. The summed E-state index contributed by atoms with van der Waals surface area (Å²) >= 11 is 0. The quantitative estimate of drug-likeness (QED) is 0.699. The summed E-state index contributed by atoms with van der Waals surface area (Å²) in [7, 11) is 0. The van der Waals surface area contributed by atoms with E-state index in [0.29, 0.717) is 12.1 Å². The average Bonchev–Trinajstić information content (AvgIpc) is 3.09.